The minimum absolute atomic E-state index is 0.337. The summed E-state index contributed by atoms with van der Waals surface area (Å²) in [5, 5.41) is 3.37. The summed E-state index contributed by atoms with van der Waals surface area (Å²) in [6.07, 6.45) is 0. The molecule has 1 rings (SSSR count). The number of nitrogens with one attached hydrogen (secondary N) is 1. The molecule has 1 heterocycles. The fraction of sp³-hybridized carbons (Fsp3) is 1.00. The summed E-state index contributed by atoms with van der Waals surface area (Å²) in [5.74, 6) is 0. The van der Waals surface area contributed by atoms with Gasteiger partial charge in [-0.25, -0.2) is 0 Å². The zero-order valence-electron chi connectivity index (χ0n) is 6.73. The minimum atomic E-state index is 0.337. The minimum Gasteiger partial charge on any atom is -0.309 e. The fourth-order valence-corrected chi connectivity index (χ4v) is 1.43. The Balaban J connectivity index is 2.45. The van der Waals surface area contributed by atoms with Crippen LogP contribution in [0, 0.1) is 0 Å². The highest BCUT2D eigenvalue weighted by atomic mass is 15.2. The van der Waals surface area contributed by atoms with Gasteiger partial charge in [-0.1, -0.05) is 0 Å². The maximum absolute atomic E-state index is 3.37. The van der Waals surface area contributed by atoms with Gasteiger partial charge in [0.25, 0.3) is 0 Å². The van der Waals surface area contributed by atoms with Crippen molar-refractivity contribution < 1.29 is 0 Å². The number of hydrogen-bond donors (Lipinski definition) is 1. The number of nitrogens with zero attached hydrogens (tertiary/aromatic N) is 1. The van der Waals surface area contributed by atoms with Crippen molar-refractivity contribution in [3.63, 3.8) is 0 Å². The van der Waals surface area contributed by atoms with Crippen LogP contribution in [0.15, 0.2) is 0 Å². The zero-order valence-corrected chi connectivity index (χ0v) is 6.73. The van der Waals surface area contributed by atoms with Gasteiger partial charge in [0.1, 0.15) is 0 Å². The van der Waals surface area contributed by atoms with E-state index >= 15 is 0 Å². The lowest BCUT2D eigenvalue weighted by Gasteiger charge is -2.49. The van der Waals surface area contributed by atoms with Gasteiger partial charge in [0.05, 0.1) is 0 Å². The van der Waals surface area contributed by atoms with Crippen molar-refractivity contribution in [2.75, 3.05) is 20.6 Å². The first-order valence-corrected chi connectivity index (χ1v) is 3.45. The quantitative estimate of drug-likeness (QED) is 0.546. The first-order chi connectivity index (χ1) is 4.04. The highest BCUT2D eigenvalue weighted by Crippen LogP contribution is 2.20. The molecule has 1 unspecified atom stereocenters. The number of likely N-dealkylation sites (N-methyl/N-ethyl adjacent to an activating group) is 1. The van der Waals surface area contributed by atoms with Gasteiger partial charge in [-0.3, -0.25) is 0 Å². The summed E-state index contributed by atoms with van der Waals surface area (Å²) in [6.45, 7) is 5.61. The van der Waals surface area contributed by atoms with E-state index in [4.69, 9.17) is 0 Å². The molecule has 1 N–H and O–H groups in total. The van der Waals surface area contributed by atoms with Crippen LogP contribution in [0.25, 0.3) is 0 Å². The molecule has 54 valence electrons. The molecule has 0 amide bonds. The number of rotatable bonds is 1. The van der Waals surface area contributed by atoms with Crippen LogP contribution in [0.4, 0.5) is 0 Å². The highest BCUT2D eigenvalue weighted by molar-refractivity contribution is 5.01. The van der Waals surface area contributed by atoms with Crippen LogP contribution < -0.4 is 5.32 Å². The predicted molar refractivity (Wildman–Crippen MR) is 39.6 cm³/mol. The summed E-state index contributed by atoms with van der Waals surface area (Å²) < 4.78 is 0. The topological polar surface area (TPSA) is 15.3 Å². The van der Waals surface area contributed by atoms with Crippen LogP contribution in [0.5, 0.6) is 0 Å². The summed E-state index contributed by atoms with van der Waals surface area (Å²) in [7, 11) is 4.26. The Morgan fingerprint density at radius 3 is 2.00 bits per heavy atom. The lowest BCUT2D eigenvalue weighted by atomic mass is 9.86. The van der Waals surface area contributed by atoms with Gasteiger partial charge >= 0.3 is 0 Å². The second-order valence-corrected chi connectivity index (χ2v) is 3.58. The summed E-state index contributed by atoms with van der Waals surface area (Å²) in [6, 6.07) is 0.720. The van der Waals surface area contributed by atoms with E-state index in [2.05, 4.69) is 38.2 Å². The Bertz CT molecular complexity index is 107. The van der Waals surface area contributed by atoms with E-state index in [-0.39, 0.29) is 0 Å². The van der Waals surface area contributed by atoms with Crippen molar-refractivity contribution >= 4 is 0 Å². The third-order valence-electron chi connectivity index (χ3n) is 2.21. The maximum atomic E-state index is 3.37. The van der Waals surface area contributed by atoms with E-state index in [1.54, 1.807) is 0 Å². The summed E-state index contributed by atoms with van der Waals surface area (Å²) >= 11 is 0. The van der Waals surface area contributed by atoms with Gasteiger partial charge in [0.2, 0.25) is 0 Å². The van der Waals surface area contributed by atoms with Crippen LogP contribution in [0.3, 0.4) is 0 Å². The molecule has 0 saturated carbocycles. The summed E-state index contributed by atoms with van der Waals surface area (Å²) in [5.41, 5.74) is 0.337. The first kappa shape index (κ1) is 7.03. The molecule has 0 radical (unpaired) electrons. The van der Waals surface area contributed by atoms with E-state index in [1.807, 2.05) is 0 Å². The van der Waals surface area contributed by atoms with Crippen LogP contribution >= 0.6 is 0 Å². The van der Waals surface area contributed by atoms with Crippen molar-refractivity contribution in [1.82, 2.24) is 10.2 Å². The Kier molecular flexibility index (Phi) is 1.53. The lowest BCUT2D eigenvalue weighted by Crippen LogP contribution is -2.70. The molecule has 0 spiro atoms. The van der Waals surface area contributed by atoms with Crippen LogP contribution in [-0.4, -0.2) is 37.1 Å². The van der Waals surface area contributed by atoms with E-state index in [0.717, 1.165) is 12.6 Å². The third kappa shape index (κ3) is 1.10. The average Bonchev–Trinajstić information content (AvgIpc) is 1.62. The highest BCUT2D eigenvalue weighted by Gasteiger charge is 2.38. The Morgan fingerprint density at radius 1 is 1.44 bits per heavy atom. The molecule has 1 fully saturated rings. The molecule has 1 saturated heterocycles. The normalized spacial score (nSPS) is 32.3. The number of hydrogen-bond acceptors (Lipinski definition) is 2. The molecule has 0 aromatic carbocycles. The second kappa shape index (κ2) is 1.96. The average molecular weight is 128 g/mol. The molecule has 0 aliphatic carbocycles. The molecule has 2 heteroatoms. The van der Waals surface area contributed by atoms with E-state index in [1.165, 1.54) is 0 Å². The molecule has 0 aromatic rings. The predicted octanol–water partition coefficient (Wildman–Crippen LogP) is 0.298. The van der Waals surface area contributed by atoms with Crippen LogP contribution in [0.1, 0.15) is 13.8 Å². The van der Waals surface area contributed by atoms with Gasteiger partial charge in [0.15, 0.2) is 0 Å². The van der Waals surface area contributed by atoms with Crippen molar-refractivity contribution in [3.8, 4) is 0 Å². The monoisotopic (exact) mass is 128 g/mol. The van der Waals surface area contributed by atoms with E-state index in [0.29, 0.717) is 5.54 Å². The van der Waals surface area contributed by atoms with Gasteiger partial charge in [0, 0.05) is 18.1 Å². The van der Waals surface area contributed by atoms with Crippen molar-refractivity contribution in [2.24, 2.45) is 0 Å². The van der Waals surface area contributed by atoms with Crippen molar-refractivity contribution in [2.45, 2.75) is 25.4 Å². The third-order valence-corrected chi connectivity index (χ3v) is 2.21. The Hall–Kier alpha value is -0.0800. The smallest absolute Gasteiger partial charge is 0.0391 e. The zero-order chi connectivity index (χ0) is 7.07. The fourth-order valence-electron chi connectivity index (χ4n) is 1.43. The van der Waals surface area contributed by atoms with E-state index < -0.39 is 0 Å². The van der Waals surface area contributed by atoms with E-state index in [9.17, 15) is 0 Å². The van der Waals surface area contributed by atoms with Crippen molar-refractivity contribution in [1.29, 1.82) is 0 Å². The van der Waals surface area contributed by atoms with Gasteiger partial charge in [-0.15, -0.1) is 0 Å². The Morgan fingerprint density at radius 2 is 2.00 bits per heavy atom. The van der Waals surface area contributed by atoms with Crippen LogP contribution in [-0.2, 0) is 0 Å². The largest absolute Gasteiger partial charge is 0.309 e. The molecule has 9 heavy (non-hydrogen) atoms. The second-order valence-electron chi connectivity index (χ2n) is 3.58. The molecule has 0 aromatic heterocycles. The molecule has 1 atom stereocenters. The first-order valence-electron chi connectivity index (χ1n) is 3.45. The lowest BCUT2D eigenvalue weighted by molar-refractivity contribution is 0.0845. The summed E-state index contributed by atoms with van der Waals surface area (Å²) in [4.78, 5) is 2.27. The SMILES string of the molecule is CN(C)C1CNC1(C)C. The Labute approximate surface area is 57.2 Å². The molecular formula is C7H16N2. The standard InChI is InChI=1S/C7H16N2/c1-7(2)6(5-8-7)9(3)4/h6,8H,5H2,1-4H3. The molecule has 0 bridgehead atoms. The van der Waals surface area contributed by atoms with Crippen molar-refractivity contribution in [3.05, 3.63) is 0 Å². The van der Waals surface area contributed by atoms with Gasteiger partial charge < -0.3 is 10.2 Å². The molecule has 1 aliphatic heterocycles. The molecular weight excluding hydrogens is 112 g/mol. The van der Waals surface area contributed by atoms with Gasteiger partial charge in [-0.2, -0.15) is 0 Å². The molecule has 2 nitrogen and oxygen atoms in total. The van der Waals surface area contributed by atoms with Gasteiger partial charge in [-0.05, 0) is 27.9 Å². The van der Waals surface area contributed by atoms with Crippen LogP contribution in [0.2, 0.25) is 0 Å². The maximum Gasteiger partial charge on any atom is 0.0391 e. The molecule has 1 aliphatic rings.